The number of benzene rings is 1. The summed E-state index contributed by atoms with van der Waals surface area (Å²) in [6.07, 6.45) is 5.69. The smallest absolute Gasteiger partial charge is 0.261 e. The molecule has 0 aromatic heterocycles. The molecular formula is C18H19N2O3+. The molecule has 0 aliphatic carbocycles. The second-order valence-corrected chi connectivity index (χ2v) is 5.85. The Labute approximate surface area is 134 Å². The van der Waals surface area contributed by atoms with Gasteiger partial charge in [0.1, 0.15) is 18.1 Å². The molecule has 23 heavy (non-hydrogen) atoms. The van der Waals surface area contributed by atoms with Crippen molar-refractivity contribution in [2.45, 2.75) is 18.9 Å². The van der Waals surface area contributed by atoms with Crippen LogP contribution in [0, 0.1) is 4.91 Å². The summed E-state index contributed by atoms with van der Waals surface area (Å²) in [5.74, 6) is 1.57. The molecule has 0 fully saturated rings. The number of allylic oxidation sites excluding steroid dienone is 1. The van der Waals surface area contributed by atoms with E-state index in [1.54, 1.807) is 7.11 Å². The average molecular weight is 311 g/mol. The first kappa shape index (κ1) is 14.1. The van der Waals surface area contributed by atoms with Gasteiger partial charge in [0, 0.05) is 28.2 Å². The average Bonchev–Trinajstić information content (AvgIpc) is 2.62. The van der Waals surface area contributed by atoms with Gasteiger partial charge >= 0.3 is 0 Å². The van der Waals surface area contributed by atoms with Crippen molar-refractivity contribution in [3.8, 4) is 5.75 Å². The summed E-state index contributed by atoms with van der Waals surface area (Å²) >= 11 is 0. The van der Waals surface area contributed by atoms with Crippen LogP contribution in [0.15, 0.2) is 59.1 Å². The number of rotatable bonds is 2. The Morgan fingerprint density at radius 2 is 2.30 bits per heavy atom. The van der Waals surface area contributed by atoms with E-state index in [2.05, 4.69) is 5.32 Å². The fourth-order valence-corrected chi connectivity index (χ4v) is 3.43. The quantitative estimate of drug-likeness (QED) is 0.853. The summed E-state index contributed by atoms with van der Waals surface area (Å²) in [6, 6.07) is 7.29. The Balaban J connectivity index is 1.86. The molecule has 1 unspecified atom stereocenters. The van der Waals surface area contributed by atoms with Crippen molar-refractivity contribution in [3.05, 3.63) is 69.6 Å². The van der Waals surface area contributed by atoms with Gasteiger partial charge in [-0.25, -0.2) is 0 Å². The van der Waals surface area contributed by atoms with Crippen LogP contribution in [0.2, 0.25) is 0 Å². The number of nitrogens with one attached hydrogen (secondary N) is 1. The zero-order valence-corrected chi connectivity index (χ0v) is 13.0. The van der Waals surface area contributed by atoms with Crippen molar-refractivity contribution in [2.24, 2.45) is 0 Å². The number of ether oxygens (including phenoxy) is 2. The minimum Gasteiger partial charge on any atom is -0.497 e. The highest BCUT2D eigenvalue weighted by Crippen LogP contribution is 2.42. The summed E-state index contributed by atoms with van der Waals surface area (Å²) in [6.45, 7) is 1.42. The molecule has 118 valence electrons. The van der Waals surface area contributed by atoms with E-state index in [-0.39, 0.29) is 0 Å². The highest BCUT2D eigenvalue weighted by Gasteiger charge is 2.45. The molecule has 0 radical (unpaired) electrons. The molecule has 3 aliphatic rings. The van der Waals surface area contributed by atoms with Gasteiger partial charge in [-0.3, -0.25) is 0 Å². The molecule has 4 rings (SSSR count). The predicted octanol–water partition coefficient (Wildman–Crippen LogP) is 2.96. The highest BCUT2D eigenvalue weighted by atomic mass is 16.5. The number of nitrogens with zero attached hydrogens (tertiary/aromatic N) is 1. The number of fused-ring (bicyclic) bond motifs is 1. The fraction of sp³-hybridized carbons (Fsp3) is 0.333. The first-order chi connectivity index (χ1) is 11.3. The lowest BCUT2D eigenvalue weighted by molar-refractivity contribution is -0.542. The zero-order chi connectivity index (χ0) is 15.8. The van der Waals surface area contributed by atoms with Crippen LogP contribution in [0.25, 0.3) is 0 Å². The number of hydrogen-bond acceptors (Lipinski definition) is 4. The zero-order valence-electron chi connectivity index (χ0n) is 13.0. The van der Waals surface area contributed by atoms with Gasteiger partial charge in [-0.1, -0.05) is 12.1 Å². The SMILES string of the molecule is COc1cccc(C2C3=C(OCC=C3)C3=C(CCCN3)[N+]2=O)c1. The maximum atomic E-state index is 13.1. The maximum Gasteiger partial charge on any atom is 0.261 e. The molecule has 0 spiro atoms. The minimum absolute atomic E-state index is 0.393. The predicted molar refractivity (Wildman–Crippen MR) is 85.7 cm³/mol. The van der Waals surface area contributed by atoms with E-state index in [1.165, 1.54) is 0 Å². The third kappa shape index (κ3) is 2.23. The molecule has 5 heteroatoms. The molecule has 0 saturated heterocycles. The van der Waals surface area contributed by atoms with Crippen LogP contribution in [-0.2, 0) is 4.74 Å². The van der Waals surface area contributed by atoms with E-state index in [4.69, 9.17) is 9.47 Å². The third-order valence-corrected chi connectivity index (χ3v) is 4.50. The Morgan fingerprint density at radius 3 is 3.17 bits per heavy atom. The molecule has 1 atom stereocenters. The summed E-state index contributed by atoms with van der Waals surface area (Å²) in [5.41, 5.74) is 3.48. The molecule has 0 amide bonds. The van der Waals surface area contributed by atoms with E-state index < -0.39 is 6.04 Å². The normalized spacial score (nSPS) is 23.0. The van der Waals surface area contributed by atoms with E-state index >= 15 is 0 Å². The van der Waals surface area contributed by atoms with Gasteiger partial charge in [0.25, 0.3) is 11.7 Å². The third-order valence-electron chi connectivity index (χ3n) is 4.50. The molecule has 3 heterocycles. The lowest BCUT2D eigenvalue weighted by Gasteiger charge is -2.29. The van der Waals surface area contributed by atoms with E-state index in [0.717, 1.165) is 58.2 Å². The largest absolute Gasteiger partial charge is 0.497 e. The highest BCUT2D eigenvalue weighted by molar-refractivity contribution is 5.47. The van der Waals surface area contributed by atoms with Crippen LogP contribution >= 0.6 is 0 Å². The first-order valence-corrected chi connectivity index (χ1v) is 7.91. The van der Waals surface area contributed by atoms with Crippen LogP contribution < -0.4 is 10.1 Å². The van der Waals surface area contributed by atoms with Crippen LogP contribution in [0.1, 0.15) is 24.4 Å². The fourth-order valence-electron chi connectivity index (χ4n) is 3.43. The van der Waals surface area contributed by atoms with Crippen molar-refractivity contribution >= 4 is 0 Å². The second kappa shape index (κ2) is 5.57. The molecule has 0 bridgehead atoms. The molecule has 1 aromatic rings. The van der Waals surface area contributed by atoms with Crippen LogP contribution in [-0.4, -0.2) is 25.0 Å². The Hall–Kier alpha value is -2.56. The topological polar surface area (TPSA) is 50.6 Å². The van der Waals surface area contributed by atoms with Gasteiger partial charge in [0.05, 0.1) is 12.7 Å². The van der Waals surface area contributed by atoms with Gasteiger partial charge in [0.15, 0.2) is 5.76 Å². The van der Waals surface area contributed by atoms with Gasteiger partial charge in [0.2, 0.25) is 0 Å². The van der Waals surface area contributed by atoms with Crippen molar-refractivity contribution in [2.75, 3.05) is 20.3 Å². The van der Waals surface area contributed by atoms with Gasteiger partial charge in [-0.05, 0) is 30.7 Å². The monoisotopic (exact) mass is 311 g/mol. The molecule has 1 N–H and O–H groups in total. The summed E-state index contributed by atoms with van der Waals surface area (Å²) in [4.78, 5) is 13.1. The molecular weight excluding hydrogens is 292 g/mol. The molecule has 5 nitrogen and oxygen atoms in total. The Bertz CT molecular complexity index is 761. The first-order valence-electron chi connectivity index (χ1n) is 7.91. The van der Waals surface area contributed by atoms with Crippen molar-refractivity contribution in [3.63, 3.8) is 0 Å². The van der Waals surface area contributed by atoms with E-state index in [0.29, 0.717) is 6.61 Å². The van der Waals surface area contributed by atoms with E-state index in [1.807, 2.05) is 36.4 Å². The summed E-state index contributed by atoms with van der Waals surface area (Å²) in [5, 5.41) is 3.34. The summed E-state index contributed by atoms with van der Waals surface area (Å²) < 4.78 is 12.3. The van der Waals surface area contributed by atoms with E-state index in [9.17, 15) is 4.91 Å². The number of methoxy groups -OCH3 is 1. The maximum absolute atomic E-state index is 13.1. The Kier molecular flexibility index (Phi) is 3.41. The molecule has 1 aromatic carbocycles. The second-order valence-electron chi connectivity index (χ2n) is 5.85. The molecule has 3 aliphatic heterocycles. The van der Waals surface area contributed by atoms with Crippen LogP contribution in [0.3, 0.4) is 0 Å². The van der Waals surface area contributed by atoms with Gasteiger partial charge in [-0.2, -0.15) is 0 Å². The Morgan fingerprint density at radius 1 is 1.39 bits per heavy atom. The summed E-state index contributed by atoms with van der Waals surface area (Å²) in [7, 11) is 1.63. The standard InChI is InChI=1S/C18H19N2O3/c1-22-13-6-2-5-12(11-13)17-14-7-4-10-23-18(14)16-15(20(17)21)8-3-9-19-16/h2,4-7,11,17,19H,3,8-10H2,1H3/q+1. The lowest BCUT2D eigenvalue weighted by atomic mass is 9.89. The lowest BCUT2D eigenvalue weighted by Crippen LogP contribution is -2.35. The van der Waals surface area contributed by atoms with Crippen molar-refractivity contribution in [1.82, 2.24) is 5.32 Å². The number of hydrogen-bond donors (Lipinski definition) is 1. The van der Waals surface area contributed by atoms with Gasteiger partial charge < -0.3 is 14.8 Å². The van der Waals surface area contributed by atoms with Crippen molar-refractivity contribution < 1.29 is 14.2 Å². The van der Waals surface area contributed by atoms with Crippen LogP contribution in [0.5, 0.6) is 5.75 Å². The molecule has 0 saturated carbocycles. The number of nitroso groups, excluding NO2 is 1. The van der Waals surface area contributed by atoms with Crippen molar-refractivity contribution in [1.29, 1.82) is 0 Å². The minimum atomic E-state index is -0.393. The van der Waals surface area contributed by atoms with Crippen LogP contribution in [0.4, 0.5) is 0 Å². The van der Waals surface area contributed by atoms with Gasteiger partial charge in [-0.15, -0.1) is 0 Å².